The smallest absolute Gasteiger partial charge is 0.414 e. The van der Waals surface area contributed by atoms with Crippen molar-refractivity contribution in [2.45, 2.75) is 45.3 Å². The van der Waals surface area contributed by atoms with E-state index in [1.165, 1.54) is 0 Å². The van der Waals surface area contributed by atoms with Gasteiger partial charge in [0.15, 0.2) is 0 Å². The maximum absolute atomic E-state index is 12.2. The number of nitrogens with zero attached hydrogens (tertiary/aromatic N) is 2. The molecule has 0 aromatic heterocycles. The van der Waals surface area contributed by atoms with Crippen LogP contribution in [0.1, 0.15) is 33.6 Å². The third kappa shape index (κ3) is 7.43. The highest BCUT2D eigenvalue weighted by Gasteiger charge is 2.25. The van der Waals surface area contributed by atoms with Crippen molar-refractivity contribution in [3.05, 3.63) is 0 Å². The number of hydrogen-bond donors (Lipinski definition) is 2. The molecule has 1 aliphatic heterocycles. The molecule has 1 atom stereocenters. The topological polar surface area (TPSA) is 105 Å². The Labute approximate surface area is 137 Å². The quantitative estimate of drug-likeness (QED) is 0.748. The van der Waals surface area contributed by atoms with E-state index in [1.54, 1.807) is 25.7 Å². The van der Waals surface area contributed by atoms with E-state index in [-0.39, 0.29) is 18.7 Å². The molecule has 1 saturated heterocycles. The van der Waals surface area contributed by atoms with Crippen LogP contribution in [0, 0.1) is 0 Å². The molecule has 0 aromatic rings. The van der Waals surface area contributed by atoms with E-state index >= 15 is 0 Å². The van der Waals surface area contributed by atoms with E-state index in [0.717, 1.165) is 13.1 Å². The Morgan fingerprint density at radius 1 is 1.17 bits per heavy atom. The molecular weight excluding hydrogens is 300 g/mol. The Hall–Kier alpha value is -1.67. The summed E-state index contributed by atoms with van der Waals surface area (Å²) in [6.07, 6.45) is -0.596. The van der Waals surface area contributed by atoms with E-state index in [1.807, 2.05) is 7.05 Å². The van der Waals surface area contributed by atoms with Crippen molar-refractivity contribution in [1.29, 1.82) is 0 Å². The van der Waals surface area contributed by atoms with Crippen LogP contribution in [0.5, 0.6) is 0 Å². The minimum atomic E-state index is -0.790. The highest BCUT2D eigenvalue weighted by atomic mass is 16.6. The van der Waals surface area contributed by atoms with Crippen molar-refractivity contribution in [2.24, 2.45) is 5.73 Å². The number of nitrogens with one attached hydrogen (secondary N) is 1. The number of nitrogens with two attached hydrogens (primary N) is 1. The normalized spacial score (nSPS) is 17.5. The van der Waals surface area contributed by atoms with Crippen molar-refractivity contribution in [2.75, 3.05) is 33.2 Å². The Bertz CT molecular complexity index is 439. The van der Waals surface area contributed by atoms with Gasteiger partial charge in [-0.3, -0.25) is 14.9 Å². The van der Waals surface area contributed by atoms with Crippen LogP contribution in [0.4, 0.5) is 4.79 Å². The maximum atomic E-state index is 12.2. The van der Waals surface area contributed by atoms with E-state index in [4.69, 9.17) is 10.5 Å². The highest BCUT2D eigenvalue weighted by Crippen LogP contribution is 2.07. The Balaban J connectivity index is 2.32. The summed E-state index contributed by atoms with van der Waals surface area (Å²) in [4.78, 5) is 39.2. The minimum Gasteiger partial charge on any atom is -0.444 e. The number of alkyl carbamates (subject to hydrolysis) is 1. The van der Waals surface area contributed by atoms with E-state index in [2.05, 4.69) is 10.2 Å². The zero-order valence-electron chi connectivity index (χ0n) is 14.4. The van der Waals surface area contributed by atoms with Gasteiger partial charge in [-0.1, -0.05) is 0 Å². The Kier molecular flexibility index (Phi) is 6.96. The standard InChI is InChI=1S/C15H28N4O4/c1-15(2,3)23-14(22)17-12(20)6-5-11(16)13(21)19-9-7-18(4)8-10-19/h11H,5-10,16H2,1-4H3,(H,17,20,22)/t11-/m0/s1. The van der Waals surface area contributed by atoms with Crippen molar-refractivity contribution < 1.29 is 19.1 Å². The van der Waals surface area contributed by atoms with E-state index < -0.39 is 23.6 Å². The molecule has 3 amide bonds. The van der Waals surface area contributed by atoms with Gasteiger partial charge in [-0.25, -0.2) is 4.79 Å². The van der Waals surface area contributed by atoms with Crippen LogP contribution in [0.3, 0.4) is 0 Å². The molecule has 0 aliphatic carbocycles. The van der Waals surface area contributed by atoms with Gasteiger partial charge in [0.05, 0.1) is 6.04 Å². The van der Waals surface area contributed by atoms with Crippen LogP contribution >= 0.6 is 0 Å². The summed E-state index contributed by atoms with van der Waals surface area (Å²) in [6.45, 7) is 8.06. The fourth-order valence-corrected chi connectivity index (χ4v) is 2.15. The maximum Gasteiger partial charge on any atom is 0.414 e. The second-order valence-electron chi connectivity index (χ2n) is 6.82. The average molecular weight is 328 g/mol. The molecule has 0 unspecified atom stereocenters. The molecular formula is C15H28N4O4. The van der Waals surface area contributed by atoms with Crippen LogP contribution in [-0.2, 0) is 14.3 Å². The first-order valence-corrected chi connectivity index (χ1v) is 7.84. The molecule has 132 valence electrons. The third-order valence-corrected chi connectivity index (χ3v) is 3.45. The van der Waals surface area contributed by atoms with Gasteiger partial charge in [-0.2, -0.15) is 0 Å². The lowest BCUT2D eigenvalue weighted by Gasteiger charge is -2.33. The second-order valence-corrected chi connectivity index (χ2v) is 6.82. The molecule has 8 heteroatoms. The first-order chi connectivity index (χ1) is 10.6. The van der Waals surface area contributed by atoms with Crippen LogP contribution < -0.4 is 11.1 Å². The summed E-state index contributed by atoms with van der Waals surface area (Å²) in [7, 11) is 2.00. The summed E-state index contributed by atoms with van der Waals surface area (Å²) >= 11 is 0. The van der Waals surface area contributed by atoms with Gasteiger partial charge in [0, 0.05) is 32.6 Å². The van der Waals surface area contributed by atoms with Crippen molar-refractivity contribution in [3.63, 3.8) is 0 Å². The van der Waals surface area contributed by atoms with E-state index in [9.17, 15) is 14.4 Å². The van der Waals surface area contributed by atoms with Crippen molar-refractivity contribution >= 4 is 17.9 Å². The first-order valence-electron chi connectivity index (χ1n) is 7.84. The summed E-state index contributed by atoms with van der Waals surface area (Å²) in [5, 5.41) is 2.13. The molecule has 1 aliphatic rings. The van der Waals surface area contributed by atoms with Gasteiger partial charge in [-0.15, -0.1) is 0 Å². The second kappa shape index (κ2) is 8.26. The predicted octanol–water partition coefficient (Wildman–Crippen LogP) is -0.0808. The van der Waals surface area contributed by atoms with Crippen molar-refractivity contribution in [1.82, 2.24) is 15.1 Å². The number of carbonyl (C=O) groups excluding carboxylic acids is 3. The largest absolute Gasteiger partial charge is 0.444 e. The molecule has 0 spiro atoms. The van der Waals surface area contributed by atoms with Crippen LogP contribution in [0.15, 0.2) is 0 Å². The zero-order chi connectivity index (χ0) is 17.6. The number of amides is 3. The lowest BCUT2D eigenvalue weighted by Crippen LogP contribution is -2.52. The average Bonchev–Trinajstić information content (AvgIpc) is 2.42. The SMILES string of the molecule is CN1CCN(C(=O)[C@@H](N)CCC(=O)NC(=O)OC(C)(C)C)CC1. The molecule has 0 aromatic carbocycles. The summed E-state index contributed by atoms with van der Waals surface area (Å²) < 4.78 is 4.99. The monoisotopic (exact) mass is 328 g/mol. The fourth-order valence-electron chi connectivity index (χ4n) is 2.15. The predicted molar refractivity (Wildman–Crippen MR) is 85.7 cm³/mol. The van der Waals surface area contributed by atoms with Gasteiger partial charge in [0.2, 0.25) is 11.8 Å². The first kappa shape index (κ1) is 19.4. The molecule has 1 rings (SSSR count). The van der Waals surface area contributed by atoms with Crippen LogP contribution in [-0.4, -0.2) is 72.6 Å². The third-order valence-electron chi connectivity index (χ3n) is 3.45. The number of ether oxygens (including phenoxy) is 1. The fraction of sp³-hybridized carbons (Fsp3) is 0.800. The molecule has 0 radical (unpaired) electrons. The lowest BCUT2D eigenvalue weighted by atomic mass is 10.1. The molecule has 3 N–H and O–H groups in total. The van der Waals surface area contributed by atoms with Gasteiger partial charge in [-0.05, 0) is 34.2 Å². The summed E-state index contributed by atoms with van der Waals surface area (Å²) in [5.74, 6) is -0.649. The number of imide groups is 1. The molecule has 0 bridgehead atoms. The molecule has 23 heavy (non-hydrogen) atoms. The van der Waals surface area contributed by atoms with Crippen LogP contribution in [0.25, 0.3) is 0 Å². The molecule has 0 saturated carbocycles. The number of likely N-dealkylation sites (N-methyl/N-ethyl adjacent to an activating group) is 1. The number of hydrogen-bond acceptors (Lipinski definition) is 6. The summed E-state index contributed by atoms with van der Waals surface area (Å²) in [6, 6.07) is -0.734. The van der Waals surface area contributed by atoms with Crippen molar-refractivity contribution in [3.8, 4) is 0 Å². The minimum absolute atomic E-state index is 0.000107. The number of carbonyl (C=O) groups is 3. The zero-order valence-corrected chi connectivity index (χ0v) is 14.4. The number of rotatable bonds is 4. The number of piperazine rings is 1. The van der Waals surface area contributed by atoms with Gasteiger partial charge < -0.3 is 20.3 Å². The lowest BCUT2D eigenvalue weighted by molar-refractivity contribution is -0.134. The highest BCUT2D eigenvalue weighted by molar-refractivity contribution is 5.92. The van der Waals surface area contributed by atoms with E-state index in [0.29, 0.717) is 13.1 Å². The molecule has 8 nitrogen and oxygen atoms in total. The summed E-state index contributed by atoms with van der Waals surface area (Å²) in [5.41, 5.74) is 5.19. The van der Waals surface area contributed by atoms with Gasteiger partial charge in [0.1, 0.15) is 5.60 Å². The Morgan fingerprint density at radius 3 is 2.26 bits per heavy atom. The van der Waals surface area contributed by atoms with Crippen LogP contribution in [0.2, 0.25) is 0 Å². The molecule has 1 fully saturated rings. The van der Waals surface area contributed by atoms with Gasteiger partial charge >= 0.3 is 6.09 Å². The Morgan fingerprint density at radius 2 is 1.74 bits per heavy atom. The molecule has 1 heterocycles. The van der Waals surface area contributed by atoms with Gasteiger partial charge in [0.25, 0.3) is 0 Å².